The summed E-state index contributed by atoms with van der Waals surface area (Å²) in [4.78, 5) is 18.9. The Bertz CT molecular complexity index is 698. The smallest absolute Gasteiger partial charge is 0.273 e. The van der Waals surface area contributed by atoms with Gasteiger partial charge < -0.3 is 10.6 Å². The summed E-state index contributed by atoms with van der Waals surface area (Å²) in [5.41, 5.74) is 6.82. The lowest BCUT2D eigenvalue weighted by Crippen LogP contribution is -2.47. The van der Waals surface area contributed by atoms with E-state index in [1.807, 2.05) is 4.90 Å². The van der Waals surface area contributed by atoms with Gasteiger partial charge >= 0.3 is 0 Å². The minimum atomic E-state index is -0.241. The monoisotopic (exact) mass is 405 g/mol. The molecule has 0 bridgehead atoms. The molecule has 0 radical (unpaired) electrons. The van der Waals surface area contributed by atoms with Gasteiger partial charge in [0.25, 0.3) is 5.91 Å². The fourth-order valence-electron chi connectivity index (χ4n) is 2.96. The molecule has 3 rings (SSSR count). The van der Waals surface area contributed by atoms with Crippen molar-refractivity contribution in [2.75, 3.05) is 13.1 Å². The van der Waals surface area contributed by atoms with Crippen LogP contribution < -0.4 is 5.73 Å². The van der Waals surface area contributed by atoms with E-state index in [9.17, 15) is 9.18 Å². The van der Waals surface area contributed by atoms with Gasteiger partial charge in [-0.2, -0.15) is 0 Å². The summed E-state index contributed by atoms with van der Waals surface area (Å²) in [5, 5.41) is 2.51. The average molecular weight is 406 g/mol. The van der Waals surface area contributed by atoms with Gasteiger partial charge in [0.1, 0.15) is 11.5 Å². The van der Waals surface area contributed by atoms with Crippen LogP contribution in [0.4, 0.5) is 4.39 Å². The molecule has 1 aromatic carbocycles. The summed E-state index contributed by atoms with van der Waals surface area (Å²) in [7, 11) is 0. The molecule has 1 fully saturated rings. The maximum absolute atomic E-state index is 13.7. The van der Waals surface area contributed by atoms with Crippen LogP contribution in [0.25, 0.3) is 0 Å². The molecule has 25 heavy (non-hydrogen) atoms. The Morgan fingerprint density at radius 2 is 2.08 bits per heavy atom. The first-order chi connectivity index (χ1) is 11.2. The number of halogens is 3. The van der Waals surface area contributed by atoms with E-state index in [1.54, 1.807) is 23.6 Å². The Labute approximate surface area is 163 Å². The number of thiazole rings is 1. The second-order valence-electron chi connectivity index (χ2n) is 5.78. The first-order valence-electron chi connectivity index (χ1n) is 7.88. The van der Waals surface area contributed by atoms with E-state index in [4.69, 9.17) is 5.73 Å². The van der Waals surface area contributed by atoms with Crippen molar-refractivity contribution in [3.05, 3.63) is 51.7 Å². The molecule has 1 atom stereocenters. The topological polar surface area (TPSA) is 59.2 Å². The quantitative estimate of drug-likeness (QED) is 0.843. The van der Waals surface area contributed by atoms with Crippen LogP contribution in [0.2, 0.25) is 0 Å². The Morgan fingerprint density at radius 1 is 1.32 bits per heavy atom. The van der Waals surface area contributed by atoms with Crippen molar-refractivity contribution in [3.8, 4) is 0 Å². The molecule has 8 heteroatoms. The summed E-state index contributed by atoms with van der Waals surface area (Å²) in [6, 6.07) is 6.76. The molecule has 2 heterocycles. The fourth-order valence-corrected chi connectivity index (χ4v) is 3.75. The van der Waals surface area contributed by atoms with Crippen molar-refractivity contribution in [1.29, 1.82) is 0 Å². The largest absolute Gasteiger partial charge is 0.333 e. The molecule has 1 aliphatic rings. The van der Waals surface area contributed by atoms with Crippen molar-refractivity contribution in [2.45, 2.75) is 31.7 Å². The number of nitrogens with two attached hydrogens (primary N) is 1. The first kappa shape index (κ1) is 21.8. The number of hydrogen-bond acceptors (Lipinski definition) is 4. The number of aromatic nitrogens is 1. The van der Waals surface area contributed by atoms with E-state index in [-0.39, 0.29) is 42.6 Å². The highest BCUT2D eigenvalue weighted by Crippen LogP contribution is 2.21. The first-order valence-corrected chi connectivity index (χ1v) is 8.76. The van der Waals surface area contributed by atoms with Gasteiger partial charge in [0, 0.05) is 30.9 Å². The number of carbonyl (C=O) groups is 1. The third-order valence-electron chi connectivity index (χ3n) is 4.23. The molecular formula is C17H22Cl2FN3OS. The molecule has 1 unspecified atom stereocenters. The van der Waals surface area contributed by atoms with Gasteiger partial charge in [0.2, 0.25) is 0 Å². The van der Waals surface area contributed by atoms with E-state index in [0.717, 1.165) is 30.8 Å². The molecule has 0 aliphatic carbocycles. The average Bonchev–Trinajstić information content (AvgIpc) is 3.05. The number of amides is 1. The van der Waals surface area contributed by atoms with Crippen LogP contribution >= 0.6 is 36.2 Å². The number of hydrogen-bond donors (Lipinski definition) is 1. The minimum Gasteiger partial charge on any atom is -0.333 e. The Hall–Kier alpha value is -1.21. The lowest BCUT2D eigenvalue weighted by Gasteiger charge is -2.34. The highest BCUT2D eigenvalue weighted by Gasteiger charge is 2.27. The zero-order valence-electron chi connectivity index (χ0n) is 13.7. The van der Waals surface area contributed by atoms with Crippen molar-refractivity contribution in [1.82, 2.24) is 9.88 Å². The minimum absolute atomic E-state index is 0. The zero-order chi connectivity index (χ0) is 16.2. The van der Waals surface area contributed by atoms with E-state index in [1.165, 1.54) is 17.4 Å². The third kappa shape index (κ3) is 5.14. The normalized spacial score (nSPS) is 16.7. The molecule has 2 N–H and O–H groups in total. The molecular weight excluding hydrogens is 384 g/mol. The molecule has 1 saturated heterocycles. The number of nitrogens with zero attached hydrogens (tertiary/aromatic N) is 2. The fraction of sp³-hybridized carbons (Fsp3) is 0.412. The highest BCUT2D eigenvalue weighted by atomic mass is 35.5. The maximum Gasteiger partial charge on any atom is 0.273 e. The van der Waals surface area contributed by atoms with Crippen molar-refractivity contribution in [2.24, 2.45) is 5.73 Å². The summed E-state index contributed by atoms with van der Waals surface area (Å²) < 4.78 is 13.7. The van der Waals surface area contributed by atoms with Gasteiger partial charge in [-0.15, -0.1) is 36.2 Å². The predicted octanol–water partition coefficient (Wildman–Crippen LogP) is 3.67. The van der Waals surface area contributed by atoms with Crippen LogP contribution in [-0.2, 0) is 6.42 Å². The number of likely N-dealkylation sites (tertiary alicyclic amines) is 1. The van der Waals surface area contributed by atoms with Crippen molar-refractivity contribution in [3.63, 3.8) is 0 Å². The summed E-state index contributed by atoms with van der Waals surface area (Å²) in [5.74, 6) is -0.300. The van der Waals surface area contributed by atoms with Gasteiger partial charge in [-0.3, -0.25) is 4.79 Å². The van der Waals surface area contributed by atoms with Gasteiger partial charge in [-0.05, 0) is 30.9 Å². The second-order valence-corrected chi connectivity index (χ2v) is 6.72. The van der Waals surface area contributed by atoms with Crippen molar-refractivity contribution >= 4 is 42.1 Å². The number of rotatable bonds is 4. The summed E-state index contributed by atoms with van der Waals surface area (Å²) >= 11 is 1.40. The van der Waals surface area contributed by atoms with E-state index >= 15 is 0 Å². The second kappa shape index (κ2) is 10.1. The standard InChI is InChI=1S/C17H20FN3OS.2ClH/c18-14-7-2-1-5-12(14)9-16-20-15(11-23-16)17(22)21-8-4-3-6-13(21)10-19;;/h1-2,5,7,11,13H,3-4,6,8-10,19H2;2*1H. The van der Waals surface area contributed by atoms with Gasteiger partial charge in [0.05, 0.1) is 5.01 Å². The van der Waals surface area contributed by atoms with Crippen LogP contribution in [0.1, 0.15) is 40.3 Å². The predicted molar refractivity (Wildman–Crippen MR) is 104 cm³/mol. The molecule has 1 aromatic heterocycles. The van der Waals surface area contributed by atoms with Crippen LogP contribution in [0.5, 0.6) is 0 Å². The van der Waals surface area contributed by atoms with E-state index in [0.29, 0.717) is 24.2 Å². The summed E-state index contributed by atoms with van der Waals surface area (Å²) in [6.45, 7) is 1.22. The van der Waals surface area contributed by atoms with Gasteiger partial charge in [-0.25, -0.2) is 9.37 Å². The lowest BCUT2D eigenvalue weighted by atomic mass is 10.0. The van der Waals surface area contributed by atoms with Crippen molar-refractivity contribution < 1.29 is 9.18 Å². The van der Waals surface area contributed by atoms with Gasteiger partial charge in [0.15, 0.2) is 0 Å². The van der Waals surface area contributed by atoms with Gasteiger partial charge in [-0.1, -0.05) is 18.2 Å². The molecule has 1 aliphatic heterocycles. The molecule has 0 spiro atoms. The Balaban J connectivity index is 0.00000156. The molecule has 1 amide bonds. The highest BCUT2D eigenvalue weighted by molar-refractivity contribution is 7.09. The molecule has 138 valence electrons. The lowest BCUT2D eigenvalue weighted by molar-refractivity contribution is 0.0618. The number of carbonyl (C=O) groups excluding carboxylic acids is 1. The number of benzene rings is 1. The SMILES string of the molecule is Cl.Cl.NCC1CCCCN1C(=O)c1csc(Cc2ccccc2F)n1. The van der Waals surface area contributed by atoms with Crippen LogP contribution in [0.15, 0.2) is 29.6 Å². The molecule has 0 saturated carbocycles. The molecule has 4 nitrogen and oxygen atoms in total. The zero-order valence-corrected chi connectivity index (χ0v) is 16.1. The van der Waals surface area contributed by atoms with Crippen LogP contribution in [0, 0.1) is 5.82 Å². The maximum atomic E-state index is 13.7. The molecule has 2 aromatic rings. The Kier molecular flexibility index (Phi) is 8.79. The van der Waals surface area contributed by atoms with Crippen LogP contribution in [0.3, 0.4) is 0 Å². The van der Waals surface area contributed by atoms with E-state index < -0.39 is 0 Å². The third-order valence-corrected chi connectivity index (χ3v) is 5.08. The van der Waals surface area contributed by atoms with E-state index in [2.05, 4.69) is 4.98 Å². The van der Waals surface area contributed by atoms with Crippen LogP contribution in [-0.4, -0.2) is 34.9 Å². The number of piperidine rings is 1. The Morgan fingerprint density at radius 3 is 2.80 bits per heavy atom. The summed E-state index contributed by atoms with van der Waals surface area (Å²) in [6.07, 6.45) is 3.48.